The molecule has 0 aliphatic rings. The second-order valence-corrected chi connectivity index (χ2v) is 7.48. The number of halogens is 1. The summed E-state index contributed by atoms with van der Waals surface area (Å²) in [5.74, 6) is -0.321. The van der Waals surface area contributed by atoms with Crippen molar-refractivity contribution in [2.45, 2.75) is 32.7 Å². The van der Waals surface area contributed by atoms with Crippen LogP contribution in [0.25, 0.3) is 0 Å². The lowest BCUT2D eigenvalue weighted by Crippen LogP contribution is -2.18. The molecule has 2 aromatic heterocycles. The third kappa shape index (κ3) is 4.52. The van der Waals surface area contributed by atoms with Gasteiger partial charge in [-0.3, -0.25) is 14.7 Å². The van der Waals surface area contributed by atoms with Crippen LogP contribution in [0.3, 0.4) is 0 Å². The topological polar surface area (TPSA) is 58.1 Å². The molecule has 0 aliphatic carbocycles. The predicted molar refractivity (Wildman–Crippen MR) is 109 cm³/mol. The molecule has 5 nitrogen and oxygen atoms in total. The number of hydrogen-bond acceptors (Lipinski definition) is 4. The maximum absolute atomic E-state index is 13.8. The SMILES string of the molecule is CC(C)(C)c1ccc(N(C=O)c2ccc(F)nc2NCc2ccncc2)cc1. The Morgan fingerprint density at radius 2 is 1.71 bits per heavy atom. The van der Waals surface area contributed by atoms with E-state index in [2.05, 4.69) is 36.1 Å². The molecular formula is C22H23FN4O. The quantitative estimate of drug-likeness (QED) is 0.493. The standard InChI is InChI=1S/C22H23FN4O/c1-22(2,3)17-4-6-18(7-5-17)27(15-28)19-8-9-20(23)26-21(19)25-14-16-10-12-24-13-11-16/h4-13,15H,14H2,1-3H3,(H,25,26). The lowest BCUT2D eigenvalue weighted by atomic mass is 9.87. The number of carbonyl (C=O) groups is 1. The van der Waals surface area contributed by atoms with Gasteiger partial charge in [-0.2, -0.15) is 4.39 Å². The highest BCUT2D eigenvalue weighted by molar-refractivity contribution is 5.90. The fourth-order valence-corrected chi connectivity index (χ4v) is 2.82. The Morgan fingerprint density at radius 3 is 2.32 bits per heavy atom. The van der Waals surface area contributed by atoms with Gasteiger partial charge >= 0.3 is 0 Å². The number of nitrogens with one attached hydrogen (secondary N) is 1. The highest BCUT2D eigenvalue weighted by Crippen LogP contribution is 2.32. The van der Waals surface area contributed by atoms with Crippen molar-refractivity contribution in [2.75, 3.05) is 10.2 Å². The van der Waals surface area contributed by atoms with Crippen LogP contribution in [0.1, 0.15) is 31.9 Å². The molecule has 0 atom stereocenters. The number of amides is 1. The summed E-state index contributed by atoms with van der Waals surface area (Å²) in [5, 5.41) is 3.11. The predicted octanol–water partition coefficient (Wildman–Crippen LogP) is 4.82. The van der Waals surface area contributed by atoms with Crippen LogP contribution in [-0.2, 0) is 16.8 Å². The lowest BCUT2D eigenvalue weighted by Gasteiger charge is -2.23. The highest BCUT2D eigenvalue weighted by Gasteiger charge is 2.17. The van der Waals surface area contributed by atoms with Crippen molar-refractivity contribution >= 4 is 23.6 Å². The zero-order valence-corrected chi connectivity index (χ0v) is 16.2. The second-order valence-electron chi connectivity index (χ2n) is 7.48. The number of aromatic nitrogens is 2. The molecule has 144 valence electrons. The molecule has 1 amide bonds. The summed E-state index contributed by atoms with van der Waals surface area (Å²) in [6, 6.07) is 14.2. The van der Waals surface area contributed by atoms with Gasteiger partial charge in [0.1, 0.15) is 0 Å². The van der Waals surface area contributed by atoms with Crippen LogP contribution in [0.4, 0.5) is 21.6 Å². The average Bonchev–Trinajstić information content (AvgIpc) is 2.69. The number of nitrogens with zero attached hydrogens (tertiary/aromatic N) is 3. The van der Waals surface area contributed by atoms with Gasteiger partial charge in [-0.25, -0.2) is 4.98 Å². The molecule has 1 aromatic carbocycles. The van der Waals surface area contributed by atoms with Gasteiger partial charge in [-0.05, 0) is 52.9 Å². The summed E-state index contributed by atoms with van der Waals surface area (Å²) < 4.78 is 13.8. The summed E-state index contributed by atoms with van der Waals surface area (Å²) in [7, 11) is 0. The number of hydrogen-bond donors (Lipinski definition) is 1. The summed E-state index contributed by atoms with van der Waals surface area (Å²) >= 11 is 0. The molecule has 3 rings (SSSR count). The molecule has 0 radical (unpaired) electrons. The van der Waals surface area contributed by atoms with Gasteiger partial charge in [-0.1, -0.05) is 32.9 Å². The first-order valence-electron chi connectivity index (χ1n) is 9.03. The van der Waals surface area contributed by atoms with E-state index in [1.54, 1.807) is 18.5 Å². The van der Waals surface area contributed by atoms with Crippen molar-refractivity contribution in [1.82, 2.24) is 9.97 Å². The Labute approximate surface area is 164 Å². The van der Waals surface area contributed by atoms with Gasteiger partial charge in [0.25, 0.3) is 0 Å². The Hall–Kier alpha value is -3.28. The van der Waals surface area contributed by atoms with Gasteiger partial charge in [0, 0.05) is 24.6 Å². The average molecular weight is 378 g/mol. The number of carbonyl (C=O) groups excluding carboxylic acids is 1. The first-order chi connectivity index (χ1) is 13.4. The van der Waals surface area contributed by atoms with E-state index in [0.29, 0.717) is 30.1 Å². The van der Waals surface area contributed by atoms with E-state index in [1.165, 1.54) is 11.0 Å². The number of anilines is 3. The van der Waals surface area contributed by atoms with Gasteiger partial charge in [0.15, 0.2) is 5.82 Å². The van der Waals surface area contributed by atoms with Crippen molar-refractivity contribution in [3.8, 4) is 0 Å². The minimum atomic E-state index is -0.616. The third-order valence-electron chi connectivity index (χ3n) is 4.43. The molecule has 0 fully saturated rings. The Balaban J connectivity index is 1.90. The molecule has 0 saturated heterocycles. The highest BCUT2D eigenvalue weighted by atomic mass is 19.1. The minimum Gasteiger partial charge on any atom is -0.364 e. The van der Waals surface area contributed by atoms with E-state index in [1.807, 2.05) is 36.4 Å². The zero-order valence-electron chi connectivity index (χ0n) is 16.2. The molecule has 6 heteroatoms. The van der Waals surface area contributed by atoms with Crippen LogP contribution >= 0.6 is 0 Å². The summed E-state index contributed by atoms with van der Waals surface area (Å²) in [4.78, 5) is 21.2. The molecule has 0 aliphatic heterocycles. The molecule has 2 heterocycles. The number of benzene rings is 1. The Morgan fingerprint density at radius 1 is 1.04 bits per heavy atom. The fourth-order valence-electron chi connectivity index (χ4n) is 2.82. The third-order valence-corrected chi connectivity index (χ3v) is 4.43. The summed E-state index contributed by atoms with van der Waals surface area (Å²) in [6.07, 6.45) is 4.08. The van der Waals surface area contributed by atoms with E-state index in [9.17, 15) is 9.18 Å². The van der Waals surface area contributed by atoms with E-state index < -0.39 is 5.95 Å². The van der Waals surface area contributed by atoms with Gasteiger partial charge < -0.3 is 5.32 Å². The van der Waals surface area contributed by atoms with Crippen LogP contribution in [0.5, 0.6) is 0 Å². The normalized spacial score (nSPS) is 11.1. The van der Waals surface area contributed by atoms with E-state index in [4.69, 9.17) is 0 Å². The Kier molecular flexibility index (Phi) is 5.68. The van der Waals surface area contributed by atoms with Gasteiger partial charge in [-0.15, -0.1) is 0 Å². The molecule has 0 spiro atoms. The van der Waals surface area contributed by atoms with Crippen LogP contribution < -0.4 is 10.2 Å². The maximum Gasteiger partial charge on any atom is 0.218 e. The van der Waals surface area contributed by atoms with Crippen molar-refractivity contribution in [3.05, 3.63) is 78.0 Å². The zero-order chi connectivity index (χ0) is 20.1. The molecule has 0 saturated carbocycles. The number of pyridine rings is 2. The van der Waals surface area contributed by atoms with Gasteiger partial charge in [0.2, 0.25) is 12.4 Å². The van der Waals surface area contributed by atoms with Crippen LogP contribution in [-0.4, -0.2) is 16.4 Å². The molecule has 1 N–H and O–H groups in total. The summed E-state index contributed by atoms with van der Waals surface area (Å²) in [6.45, 7) is 6.82. The molecule has 28 heavy (non-hydrogen) atoms. The second kappa shape index (κ2) is 8.17. The van der Waals surface area contributed by atoms with Crippen molar-refractivity contribution < 1.29 is 9.18 Å². The molecular weight excluding hydrogens is 355 g/mol. The van der Waals surface area contributed by atoms with Crippen LogP contribution in [0.2, 0.25) is 0 Å². The van der Waals surface area contributed by atoms with Gasteiger partial charge in [0.05, 0.1) is 5.69 Å². The maximum atomic E-state index is 13.8. The monoisotopic (exact) mass is 378 g/mol. The van der Waals surface area contributed by atoms with E-state index in [0.717, 1.165) is 11.1 Å². The van der Waals surface area contributed by atoms with Crippen LogP contribution in [0, 0.1) is 5.95 Å². The molecule has 0 bridgehead atoms. The van der Waals surface area contributed by atoms with E-state index >= 15 is 0 Å². The summed E-state index contributed by atoms with van der Waals surface area (Å²) in [5.41, 5.74) is 3.31. The number of rotatable bonds is 6. The fraction of sp³-hybridized carbons (Fsp3) is 0.227. The van der Waals surface area contributed by atoms with Crippen LogP contribution in [0.15, 0.2) is 60.9 Å². The van der Waals surface area contributed by atoms with Crippen molar-refractivity contribution in [3.63, 3.8) is 0 Å². The largest absolute Gasteiger partial charge is 0.364 e. The van der Waals surface area contributed by atoms with Crippen molar-refractivity contribution in [2.24, 2.45) is 0 Å². The first-order valence-corrected chi connectivity index (χ1v) is 9.03. The Bertz CT molecular complexity index is 937. The van der Waals surface area contributed by atoms with E-state index in [-0.39, 0.29) is 5.41 Å². The lowest BCUT2D eigenvalue weighted by molar-refractivity contribution is -0.106. The smallest absolute Gasteiger partial charge is 0.218 e. The molecule has 3 aromatic rings. The minimum absolute atomic E-state index is 0.0131. The van der Waals surface area contributed by atoms with Crippen molar-refractivity contribution in [1.29, 1.82) is 0 Å². The first kappa shape index (κ1) is 19.5. The molecule has 0 unspecified atom stereocenters.